The van der Waals surface area contributed by atoms with Crippen LogP contribution in [0.3, 0.4) is 0 Å². The zero-order valence-electron chi connectivity index (χ0n) is 14.4. The van der Waals surface area contributed by atoms with E-state index in [4.69, 9.17) is 4.74 Å². The van der Waals surface area contributed by atoms with Gasteiger partial charge in [-0.15, -0.1) is 0 Å². The molecule has 0 bridgehead atoms. The molecule has 0 radical (unpaired) electrons. The van der Waals surface area contributed by atoms with E-state index < -0.39 is 0 Å². The first-order valence-corrected chi connectivity index (χ1v) is 9.81. The molecule has 0 aromatic carbocycles. The Kier molecular flexibility index (Phi) is 3.86. The van der Waals surface area contributed by atoms with Crippen LogP contribution in [0, 0.1) is 29.1 Å². The molecule has 5 atom stereocenters. The first-order valence-electron chi connectivity index (χ1n) is 9.81. The Morgan fingerprint density at radius 3 is 2.86 bits per heavy atom. The molecule has 0 amide bonds. The molecule has 0 N–H and O–H groups in total. The van der Waals surface area contributed by atoms with Gasteiger partial charge in [-0.3, -0.25) is 0 Å². The van der Waals surface area contributed by atoms with E-state index in [0.29, 0.717) is 0 Å². The van der Waals surface area contributed by atoms with Crippen LogP contribution in [0.1, 0.15) is 71.6 Å². The monoisotopic (exact) mass is 300 g/mol. The molecule has 2 saturated carbocycles. The van der Waals surface area contributed by atoms with Gasteiger partial charge in [-0.05, 0) is 86.2 Å². The second-order valence-corrected chi connectivity index (χ2v) is 8.21. The normalized spacial score (nSPS) is 43.5. The third-order valence-electron chi connectivity index (χ3n) is 7.65. The molecule has 0 saturated heterocycles. The molecule has 0 aliphatic heterocycles. The van der Waals surface area contributed by atoms with E-state index in [1.54, 1.807) is 5.57 Å². The Morgan fingerprint density at radius 2 is 2.05 bits per heavy atom. The van der Waals surface area contributed by atoms with Crippen molar-refractivity contribution in [1.29, 1.82) is 0 Å². The van der Waals surface area contributed by atoms with Crippen molar-refractivity contribution in [3.05, 3.63) is 23.5 Å². The minimum Gasteiger partial charge on any atom is -0.498 e. The van der Waals surface area contributed by atoms with Crippen LogP contribution in [-0.2, 0) is 4.74 Å². The van der Waals surface area contributed by atoms with E-state index in [1.807, 2.05) is 0 Å². The molecule has 1 heteroatoms. The molecule has 0 spiro atoms. The summed E-state index contributed by atoms with van der Waals surface area (Å²) in [5.74, 6) is 5.09. The second kappa shape index (κ2) is 5.73. The molecular weight excluding hydrogens is 268 g/mol. The summed E-state index contributed by atoms with van der Waals surface area (Å²) in [4.78, 5) is 0. The van der Waals surface area contributed by atoms with Gasteiger partial charge in [0.2, 0.25) is 0 Å². The molecule has 122 valence electrons. The highest BCUT2D eigenvalue weighted by molar-refractivity contribution is 5.31. The molecule has 4 rings (SSSR count). The number of allylic oxidation sites excluding steroid dienone is 4. The molecule has 2 fully saturated rings. The Bertz CT molecular complexity index is 488. The molecule has 0 heterocycles. The Hall–Kier alpha value is -0.720. The van der Waals surface area contributed by atoms with Gasteiger partial charge in [0, 0.05) is 6.42 Å². The van der Waals surface area contributed by atoms with E-state index in [2.05, 4.69) is 26.0 Å². The topological polar surface area (TPSA) is 9.23 Å². The largest absolute Gasteiger partial charge is 0.498 e. The number of hydrogen-bond donors (Lipinski definition) is 0. The van der Waals surface area contributed by atoms with Crippen LogP contribution in [0.15, 0.2) is 23.5 Å². The van der Waals surface area contributed by atoms with E-state index in [0.717, 1.165) is 35.7 Å². The molecular formula is C21H32O. The summed E-state index contributed by atoms with van der Waals surface area (Å²) in [6.07, 6.45) is 17.8. The number of fused-ring (bicyclic) bond motifs is 5. The standard InChI is InChI=1S/C21H32O/c1-3-21-12-5-6-20(21)19-9-7-15-14-16(22-4-2)8-10-17(15)18(19)11-13-21/h7,14,17-20H,3-6,8-13H2,1-2H3/t17-,18+,19+,20-,21-/m0/s1. The van der Waals surface area contributed by atoms with E-state index in [9.17, 15) is 0 Å². The molecule has 1 nitrogen and oxygen atoms in total. The maximum atomic E-state index is 5.79. The lowest BCUT2D eigenvalue weighted by Gasteiger charge is -2.52. The van der Waals surface area contributed by atoms with Crippen molar-refractivity contribution in [3.8, 4) is 0 Å². The summed E-state index contributed by atoms with van der Waals surface area (Å²) in [7, 11) is 0. The van der Waals surface area contributed by atoms with E-state index in [1.165, 1.54) is 63.5 Å². The average Bonchev–Trinajstić information content (AvgIpc) is 2.99. The minimum absolute atomic E-state index is 0.730. The summed E-state index contributed by atoms with van der Waals surface area (Å²) in [6, 6.07) is 0. The lowest BCUT2D eigenvalue weighted by molar-refractivity contribution is -0.00128. The number of hydrogen-bond acceptors (Lipinski definition) is 1. The summed E-state index contributed by atoms with van der Waals surface area (Å²) in [5, 5.41) is 0. The van der Waals surface area contributed by atoms with Crippen LogP contribution in [0.25, 0.3) is 0 Å². The fourth-order valence-corrected chi connectivity index (χ4v) is 6.64. The molecule has 0 aromatic heterocycles. The van der Waals surface area contributed by atoms with Gasteiger partial charge in [0.1, 0.15) is 0 Å². The highest BCUT2D eigenvalue weighted by atomic mass is 16.5. The molecule has 0 unspecified atom stereocenters. The SMILES string of the molecule is CCOC1=CC2=CC[C@@H]3[C@H](CC[C@]4(CC)CCC[C@@H]34)[C@H]2CC1. The van der Waals surface area contributed by atoms with Crippen LogP contribution < -0.4 is 0 Å². The van der Waals surface area contributed by atoms with E-state index >= 15 is 0 Å². The van der Waals surface area contributed by atoms with E-state index in [-0.39, 0.29) is 0 Å². The zero-order chi connectivity index (χ0) is 15.2. The third-order valence-corrected chi connectivity index (χ3v) is 7.65. The summed E-state index contributed by atoms with van der Waals surface area (Å²) in [6.45, 7) is 5.38. The quantitative estimate of drug-likeness (QED) is 0.633. The Balaban J connectivity index is 1.59. The Labute approximate surface area is 136 Å². The van der Waals surface area contributed by atoms with Gasteiger partial charge < -0.3 is 4.74 Å². The molecule has 22 heavy (non-hydrogen) atoms. The van der Waals surface area contributed by atoms with Crippen LogP contribution in [0.5, 0.6) is 0 Å². The van der Waals surface area contributed by atoms with Crippen LogP contribution in [0.4, 0.5) is 0 Å². The maximum absolute atomic E-state index is 5.79. The van der Waals surface area contributed by atoms with Crippen molar-refractivity contribution in [2.24, 2.45) is 29.1 Å². The average molecular weight is 300 g/mol. The van der Waals surface area contributed by atoms with Gasteiger partial charge in [0.25, 0.3) is 0 Å². The second-order valence-electron chi connectivity index (χ2n) is 8.21. The first kappa shape index (κ1) is 14.8. The van der Waals surface area contributed by atoms with Crippen molar-refractivity contribution in [3.63, 3.8) is 0 Å². The van der Waals surface area contributed by atoms with Crippen LogP contribution >= 0.6 is 0 Å². The van der Waals surface area contributed by atoms with Crippen LogP contribution in [-0.4, -0.2) is 6.61 Å². The predicted octanol–water partition coefficient (Wildman–Crippen LogP) is 5.87. The zero-order valence-corrected chi connectivity index (χ0v) is 14.4. The van der Waals surface area contributed by atoms with Crippen molar-refractivity contribution in [2.45, 2.75) is 71.6 Å². The van der Waals surface area contributed by atoms with Crippen molar-refractivity contribution in [1.82, 2.24) is 0 Å². The van der Waals surface area contributed by atoms with Gasteiger partial charge in [-0.1, -0.05) is 25.8 Å². The van der Waals surface area contributed by atoms with Crippen LogP contribution in [0.2, 0.25) is 0 Å². The highest BCUT2D eigenvalue weighted by Gasteiger charge is 2.52. The Morgan fingerprint density at radius 1 is 1.14 bits per heavy atom. The lowest BCUT2D eigenvalue weighted by Crippen LogP contribution is -2.44. The minimum atomic E-state index is 0.730. The van der Waals surface area contributed by atoms with Gasteiger partial charge in [0.05, 0.1) is 12.4 Å². The molecule has 4 aliphatic carbocycles. The van der Waals surface area contributed by atoms with Gasteiger partial charge in [-0.2, -0.15) is 0 Å². The number of ether oxygens (including phenoxy) is 1. The van der Waals surface area contributed by atoms with Gasteiger partial charge in [0.15, 0.2) is 0 Å². The van der Waals surface area contributed by atoms with Crippen molar-refractivity contribution >= 4 is 0 Å². The van der Waals surface area contributed by atoms with Crippen molar-refractivity contribution in [2.75, 3.05) is 6.61 Å². The maximum Gasteiger partial charge on any atom is 0.0962 e. The fourth-order valence-electron chi connectivity index (χ4n) is 6.64. The lowest BCUT2D eigenvalue weighted by atomic mass is 9.52. The molecule has 0 aromatic rings. The first-order chi connectivity index (χ1) is 10.8. The summed E-state index contributed by atoms with van der Waals surface area (Å²) < 4.78 is 5.79. The number of rotatable bonds is 3. The van der Waals surface area contributed by atoms with Gasteiger partial charge >= 0.3 is 0 Å². The summed E-state index contributed by atoms with van der Waals surface area (Å²) in [5.41, 5.74) is 2.35. The third kappa shape index (κ3) is 2.19. The molecule has 4 aliphatic rings. The summed E-state index contributed by atoms with van der Waals surface area (Å²) >= 11 is 0. The smallest absolute Gasteiger partial charge is 0.0962 e. The van der Waals surface area contributed by atoms with Gasteiger partial charge in [-0.25, -0.2) is 0 Å². The predicted molar refractivity (Wildman–Crippen MR) is 91.4 cm³/mol. The highest BCUT2D eigenvalue weighted by Crippen LogP contribution is 2.62. The van der Waals surface area contributed by atoms with Crippen molar-refractivity contribution < 1.29 is 4.74 Å². The fraction of sp³-hybridized carbons (Fsp3) is 0.810.